The van der Waals surface area contributed by atoms with Crippen LogP contribution in [0.2, 0.25) is 0 Å². The van der Waals surface area contributed by atoms with Crippen molar-refractivity contribution in [3.8, 4) is 0 Å². The number of carbonyl (C=O) groups is 2. The molecule has 0 aromatic carbocycles. The maximum absolute atomic E-state index is 12.9. The van der Waals surface area contributed by atoms with Crippen LogP contribution >= 0.6 is 15.9 Å². The lowest BCUT2D eigenvalue weighted by Crippen LogP contribution is -2.61. The predicted octanol–water partition coefficient (Wildman–Crippen LogP) is 2.77. The van der Waals surface area contributed by atoms with Crippen molar-refractivity contribution < 1.29 is 27.2 Å². The van der Waals surface area contributed by atoms with Crippen molar-refractivity contribution in [2.24, 2.45) is 5.41 Å². The summed E-state index contributed by atoms with van der Waals surface area (Å²) in [6.07, 6.45) is -4.10. The molecule has 0 spiro atoms. The molecule has 1 N–H and O–H groups in total. The van der Waals surface area contributed by atoms with Gasteiger partial charge in [-0.25, -0.2) is 8.78 Å². The van der Waals surface area contributed by atoms with E-state index in [4.69, 9.17) is 0 Å². The Morgan fingerprint density at radius 1 is 1.16 bits per heavy atom. The molecule has 0 atom stereocenters. The quantitative estimate of drug-likeness (QED) is 0.592. The molecule has 0 unspecified atom stereocenters. The van der Waals surface area contributed by atoms with Crippen molar-refractivity contribution in [2.45, 2.75) is 45.6 Å². The summed E-state index contributed by atoms with van der Waals surface area (Å²) < 4.78 is 49.9. The Bertz CT molecular complexity index is 370. The number of Topliss-reactive ketones (excluding diaryl/α,β-unsaturated/α-hetero) is 1. The molecule has 8 heteroatoms. The van der Waals surface area contributed by atoms with E-state index in [1.54, 1.807) is 0 Å². The minimum absolute atomic E-state index is 0.0372. The smallest absolute Gasteiger partial charge is 0.345 e. The summed E-state index contributed by atoms with van der Waals surface area (Å²) in [6, 6.07) is 0. The summed E-state index contributed by atoms with van der Waals surface area (Å²) >= 11 is 2.94. The highest BCUT2D eigenvalue weighted by Crippen LogP contribution is 2.33. The van der Waals surface area contributed by atoms with E-state index in [1.165, 1.54) is 27.7 Å². The Morgan fingerprint density at radius 2 is 1.58 bits per heavy atom. The molecule has 0 heterocycles. The Kier molecular flexibility index (Phi) is 5.56. The van der Waals surface area contributed by atoms with Crippen LogP contribution in [0.4, 0.5) is 17.6 Å². The number of nitrogens with one attached hydrogen (secondary N) is 1. The predicted molar refractivity (Wildman–Crippen MR) is 65.8 cm³/mol. The molecular formula is C11H16BrF4NO2. The van der Waals surface area contributed by atoms with Crippen LogP contribution in [0.3, 0.4) is 0 Å². The summed E-state index contributed by atoms with van der Waals surface area (Å²) in [7, 11) is 0. The molecule has 19 heavy (non-hydrogen) atoms. The molecule has 1 amide bonds. The number of hydrogen-bond donors (Lipinski definition) is 1. The summed E-state index contributed by atoms with van der Waals surface area (Å²) in [5.41, 5.74) is -2.61. The molecule has 0 saturated heterocycles. The molecule has 0 bridgehead atoms. The standard InChI is InChI=1S/C11H16BrF4NO2/c1-9(2,6(18)5-12)10(3,4)17-8(19)11(15,16)7(13)14/h7H,5H2,1-4H3,(H,17,19). The second-order valence-corrected chi connectivity index (χ2v) is 5.75. The van der Waals surface area contributed by atoms with Crippen molar-refractivity contribution >= 4 is 27.6 Å². The van der Waals surface area contributed by atoms with E-state index in [9.17, 15) is 27.2 Å². The van der Waals surface area contributed by atoms with Crippen LogP contribution in [0.5, 0.6) is 0 Å². The van der Waals surface area contributed by atoms with Gasteiger partial charge in [-0.2, -0.15) is 8.78 Å². The van der Waals surface area contributed by atoms with Crippen molar-refractivity contribution in [3.63, 3.8) is 0 Å². The molecule has 0 aromatic rings. The fraction of sp³-hybridized carbons (Fsp3) is 0.818. The molecule has 0 aromatic heterocycles. The number of amides is 1. The lowest BCUT2D eigenvalue weighted by Gasteiger charge is -2.41. The van der Waals surface area contributed by atoms with Gasteiger partial charge in [0.1, 0.15) is 0 Å². The summed E-state index contributed by atoms with van der Waals surface area (Å²) in [6.45, 7) is 5.54. The molecule has 112 valence electrons. The van der Waals surface area contributed by atoms with E-state index in [0.29, 0.717) is 0 Å². The molecule has 3 nitrogen and oxygen atoms in total. The van der Waals surface area contributed by atoms with E-state index in [-0.39, 0.29) is 11.1 Å². The summed E-state index contributed by atoms with van der Waals surface area (Å²) in [4.78, 5) is 22.9. The molecule has 0 aliphatic heterocycles. The van der Waals surface area contributed by atoms with Crippen molar-refractivity contribution in [1.29, 1.82) is 0 Å². The second kappa shape index (κ2) is 5.76. The van der Waals surface area contributed by atoms with E-state index in [0.717, 1.165) is 0 Å². The number of hydrogen-bond acceptors (Lipinski definition) is 2. The van der Waals surface area contributed by atoms with Gasteiger partial charge >= 0.3 is 12.3 Å². The lowest BCUT2D eigenvalue weighted by molar-refractivity contribution is -0.172. The Morgan fingerprint density at radius 3 is 1.89 bits per heavy atom. The number of alkyl halides is 5. The van der Waals surface area contributed by atoms with Crippen LogP contribution in [0.1, 0.15) is 27.7 Å². The van der Waals surface area contributed by atoms with Crippen LogP contribution in [0.15, 0.2) is 0 Å². The Hall–Kier alpha value is -0.660. The highest BCUT2D eigenvalue weighted by atomic mass is 79.9. The SMILES string of the molecule is CC(C)(NC(=O)C(F)(F)C(F)F)C(C)(C)C(=O)CBr. The third kappa shape index (κ3) is 3.67. The molecule has 0 saturated carbocycles. The van der Waals surface area contributed by atoms with Crippen LogP contribution in [-0.4, -0.2) is 34.9 Å². The number of ketones is 1. The number of rotatable bonds is 6. The van der Waals surface area contributed by atoms with Gasteiger partial charge in [-0.15, -0.1) is 0 Å². The average molecular weight is 350 g/mol. The first kappa shape index (κ1) is 18.3. The van der Waals surface area contributed by atoms with Gasteiger partial charge < -0.3 is 5.32 Å². The normalized spacial score (nSPS) is 13.6. The van der Waals surface area contributed by atoms with Gasteiger partial charge in [0, 0.05) is 11.0 Å². The third-order valence-electron chi connectivity index (χ3n) is 3.38. The van der Waals surface area contributed by atoms with Crippen LogP contribution < -0.4 is 5.32 Å². The number of carbonyl (C=O) groups excluding carboxylic acids is 2. The molecule has 0 fully saturated rings. The monoisotopic (exact) mass is 349 g/mol. The summed E-state index contributed by atoms with van der Waals surface area (Å²) in [5, 5.41) is 1.79. The van der Waals surface area contributed by atoms with E-state index < -0.39 is 29.2 Å². The highest BCUT2D eigenvalue weighted by Gasteiger charge is 2.53. The van der Waals surface area contributed by atoms with Gasteiger partial charge in [-0.05, 0) is 13.8 Å². The van der Waals surface area contributed by atoms with Crippen LogP contribution in [0.25, 0.3) is 0 Å². The Labute approximate surface area is 117 Å². The van der Waals surface area contributed by atoms with Crippen molar-refractivity contribution in [2.75, 3.05) is 5.33 Å². The lowest BCUT2D eigenvalue weighted by atomic mass is 9.71. The zero-order chi connectivity index (χ0) is 15.6. The molecule has 0 rings (SSSR count). The minimum Gasteiger partial charge on any atom is -0.345 e. The van der Waals surface area contributed by atoms with Crippen molar-refractivity contribution in [1.82, 2.24) is 5.32 Å². The van der Waals surface area contributed by atoms with Gasteiger partial charge in [-0.1, -0.05) is 29.8 Å². The molecule has 0 aliphatic carbocycles. The largest absolute Gasteiger partial charge is 0.383 e. The maximum atomic E-state index is 12.9. The van der Waals surface area contributed by atoms with Gasteiger partial charge in [0.05, 0.1) is 5.33 Å². The first-order chi connectivity index (χ1) is 8.30. The van der Waals surface area contributed by atoms with Gasteiger partial charge in [0.25, 0.3) is 5.91 Å². The number of halogens is 5. The van der Waals surface area contributed by atoms with Gasteiger partial charge in [0.2, 0.25) is 0 Å². The fourth-order valence-corrected chi connectivity index (χ4v) is 1.84. The minimum atomic E-state index is -4.79. The fourth-order valence-electron chi connectivity index (χ4n) is 1.14. The van der Waals surface area contributed by atoms with Crippen molar-refractivity contribution in [3.05, 3.63) is 0 Å². The van der Waals surface area contributed by atoms with E-state index >= 15 is 0 Å². The molecule has 0 aliphatic rings. The van der Waals surface area contributed by atoms with Gasteiger partial charge in [0.15, 0.2) is 5.78 Å². The maximum Gasteiger partial charge on any atom is 0.383 e. The molecular weight excluding hydrogens is 334 g/mol. The highest BCUT2D eigenvalue weighted by molar-refractivity contribution is 9.09. The first-order valence-corrected chi connectivity index (χ1v) is 6.50. The van der Waals surface area contributed by atoms with Crippen LogP contribution in [0, 0.1) is 5.41 Å². The van der Waals surface area contributed by atoms with Gasteiger partial charge in [-0.3, -0.25) is 9.59 Å². The zero-order valence-electron chi connectivity index (χ0n) is 11.0. The average Bonchev–Trinajstić information content (AvgIpc) is 2.26. The first-order valence-electron chi connectivity index (χ1n) is 5.38. The Balaban J connectivity index is 5.18. The van der Waals surface area contributed by atoms with E-state index in [2.05, 4.69) is 15.9 Å². The van der Waals surface area contributed by atoms with E-state index in [1.807, 2.05) is 5.32 Å². The summed E-state index contributed by atoms with van der Waals surface area (Å²) in [5.74, 6) is -7.23. The van der Waals surface area contributed by atoms with Crippen LogP contribution in [-0.2, 0) is 9.59 Å². The second-order valence-electron chi connectivity index (χ2n) is 5.18. The molecule has 0 radical (unpaired) electrons. The zero-order valence-corrected chi connectivity index (χ0v) is 12.6. The third-order valence-corrected chi connectivity index (χ3v) is 3.89. The topological polar surface area (TPSA) is 46.2 Å².